The standard InChI is InChI=1S/C11H10FN3O/c1-16-10-5-3-2-4-9(10)15-11-13-6-8(12)7-14-11/h2-7H,1H3,(H,13,14,15). The average Bonchev–Trinajstić information content (AvgIpc) is 2.33. The third-order valence-corrected chi connectivity index (χ3v) is 1.97. The molecule has 0 bridgehead atoms. The van der Waals surface area contributed by atoms with Gasteiger partial charge in [0, 0.05) is 0 Å². The van der Waals surface area contributed by atoms with Crippen molar-refractivity contribution in [1.29, 1.82) is 0 Å². The Labute approximate surface area is 92.1 Å². The van der Waals surface area contributed by atoms with Crippen LogP contribution in [0.1, 0.15) is 0 Å². The smallest absolute Gasteiger partial charge is 0.227 e. The summed E-state index contributed by atoms with van der Waals surface area (Å²) in [6.45, 7) is 0. The molecule has 0 amide bonds. The summed E-state index contributed by atoms with van der Waals surface area (Å²) in [6.07, 6.45) is 2.20. The Bertz CT molecular complexity index is 473. The number of anilines is 2. The van der Waals surface area contributed by atoms with E-state index in [0.717, 1.165) is 18.1 Å². The van der Waals surface area contributed by atoms with Gasteiger partial charge in [0.15, 0.2) is 5.82 Å². The second kappa shape index (κ2) is 4.57. The minimum absolute atomic E-state index is 0.325. The van der Waals surface area contributed by atoms with Gasteiger partial charge in [0.2, 0.25) is 5.95 Å². The number of nitrogens with zero attached hydrogens (tertiary/aromatic N) is 2. The quantitative estimate of drug-likeness (QED) is 0.860. The fourth-order valence-electron chi connectivity index (χ4n) is 1.25. The van der Waals surface area contributed by atoms with Crippen molar-refractivity contribution < 1.29 is 9.13 Å². The van der Waals surface area contributed by atoms with E-state index >= 15 is 0 Å². The fourth-order valence-corrected chi connectivity index (χ4v) is 1.25. The van der Waals surface area contributed by atoms with Gasteiger partial charge in [-0.1, -0.05) is 12.1 Å². The number of rotatable bonds is 3. The average molecular weight is 219 g/mol. The third-order valence-electron chi connectivity index (χ3n) is 1.97. The third kappa shape index (κ3) is 2.25. The number of methoxy groups -OCH3 is 1. The van der Waals surface area contributed by atoms with E-state index in [1.165, 1.54) is 0 Å². The number of aromatic nitrogens is 2. The highest BCUT2D eigenvalue weighted by atomic mass is 19.1. The summed E-state index contributed by atoms with van der Waals surface area (Å²) in [5.41, 5.74) is 0.733. The highest BCUT2D eigenvalue weighted by Gasteiger charge is 2.03. The van der Waals surface area contributed by atoms with Gasteiger partial charge < -0.3 is 10.1 Å². The molecule has 2 rings (SSSR count). The van der Waals surface area contributed by atoms with Crippen LogP contribution in [0.5, 0.6) is 5.75 Å². The van der Waals surface area contributed by atoms with Gasteiger partial charge in [-0.25, -0.2) is 14.4 Å². The van der Waals surface area contributed by atoms with Gasteiger partial charge in [-0.05, 0) is 12.1 Å². The SMILES string of the molecule is COc1ccccc1Nc1ncc(F)cn1. The normalized spacial score (nSPS) is 9.88. The largest absolute Gasteiger partial charge is 0.495 e. The Kier molecular flexibility index (Phi) is 2.95. The maximum Gasteiger partial charge on any atom is 0.227 e. The van der Waals surface area contributed by atoms with Crippen molar-refractivity contribution >= 4 is 11.6 Å². The Hall–Kier alpha value is -2.17. The molecular weight excluding hydrogens is 209 g/mol. The van der Waals surface area contributed by atoms with Crippen LogP contribution in [0.3, 0.4) is 0 Å². The molecule has 0 aliphatic rings. The summed E-state index contributed by atoms with van der Waals surface area (Å²) in [5, 5.41) is 2.94. The Morgan fingerprint density at radius 3 is 2.56 bits per heavy atom. The van der Waals surface area contributed by atoms with Crippen molar-refractivity contribution in [3.05, 3.63) is 42.5 Å². The summed E-state index contributed by atoms with van der Waals surface area (Å²) in [6, 6.07) is 7.35. The van der Waals surface area contributed by atoms with Crippen LogP contribution in [-0.4, -0.2) is 17.1 Å². The van der Waals surface area contributed by atoms with Gasteiger partial charge >= 0.3 is 0 Å². The van der Waals surface area contributed by atoms with E-state index in [1.807, 2.05) is 24.3 Å². The fraction of sp³-hybridized carbons (Fsp3) is 0.0909. The molecule has 1 aromatic carbocycles. The number of ether oxygens (including phenoxy) is 1. The van der Waals surface area contributed by atoms with Gasteiger partial charge in [0.25, 0.3) is 0 Å². The highest BCUT2D eigenvalue weighted by molar-refractivity contribution is 5.62. The van der Waals surface area contributed by atoms with Crippen LogP contribution in [-0.2, 0) is 0 Å². The molecule has 0 aliphatic heterocycles. The monoisotopic (exact) mass is 219 g/mol. The summed E-state index contributed by atoms with van der Waals surface area (Å²) in [4.78, 5) is 7.59. The Balaban J connectivity index is 2.23. The lowest BCUT2D eigenvalue weighted by atomic mass is 10.3. The zero-order chi connectivity index (χ0) is 11.4. The number of hydrogen-bond acceptors (Lipinski definition) is 4. The zero-order valence-corrected chi connectivity index (χ0v) is 8.64. The molecule has 1 N–H and O–H groups in total. The number of para-hydroxylation sites is 2. The van der Waals surface area contributed by atoms with Gasteiger partial charge in [-0.3, -0.25) is 0 Å². The molecule has 1 aromatic heterocycles. The first-order chi connectivity index (χ1) is 7.79. The maximum absolute atomic E-state index is 12.6. The summed E-state index contributed by atoms with van der Waals surface area (Å²) in [5.74, 6) is 0.534. The molecule has 0 fully saturated rings. The van der Waals surface area contributed by atoms with Gasteiger partial charge in [0.1, 0.15) is 5.75 Å². The lowest BCUT2D eigenvalue weighted by Crippen LogP contribution is -1.98. The van der Waals surface area contributed by atoms with Crippen molar-refractivity contribution in [2.24, 2.45) is 0 Å². The van der Waals surface area contributed by atoms with E-state index in [2.05, 4.69) is 15.3 Å². The predicted octanol–water partition coefficient (Wildman–Crippen LogP) is 2.37. The number of hydrogen-bond donors (Lipinski definition) is 1. The van der Waals surface area contributed by atoms with Crippen LogP contribution in [0, 0.1) is 5.82 Å². The molecule has 5 heteroatoms. The van der Waals surface area contributed by atoms with Gasteiger partial charge in [0.05, 0.1) is 25.2 Å². The molecule has 0 radical (unpaired) electrons. The molecule has 82 valence electrons. The predicted molar refractivity (Wildman–Crippen MR) is 58.3 cm³/mol. The van der Waals surface area contributed by atoms with Crippen LogP contribution < -0.4 is 10.1 Å². The van der Waals surface area contributed by atoms with Crippen LogP contribution in [0.4, 0.5) is 16.0 Å². The molecule has 16 heavy (non-hydrogen) atoms. The summed E-state index contributed by atoms with van der Waals surface area (Å²) in [7, 11) is 1.58. The summed E-state index contributed by atoms with van der Waals surface area (Å²) >= 11 is 0. The van der Waals surface area contributed by atoms with Crippen LogP contribution in [0.15, 0.2) is 36.7 Å². The molecule has 2 aromatic rings. The van der Waals surface area contributed by atoms with Crippen molar-refractivity contribution in [2.45, 2.75) is 0 Å². The van der Waals surface area contributed by atoms with E-state index in [-0.39, 0.29) is 0 Å². The maximum atomic E-state index is 12.6. The number of halogens is 1. The van der Waals surface area contributed by atoms with Crippen molar-refractivity contribution in [1.82, 2.24) is 9.97 Å². The molecule has 0 atom stereocenters. The first-order valence-electron chi connectivity index (χ1n) is 4.67. The molecular formula is C11H10FN3O. The molecule has 1 heterocycles. The van der Waals surface area contributed by atoms with Crippen LogP contribution in [0.25, 0.3) is 0 Å². The van der Waals surface area contributed by atoms with E-state index in [9.17, 15) is 4.39 Å². The molecule has 0 spiro atoms. The van der Waals surface area contributed by atoms with Gasteiger partial charge in [-0.15, -0.1) is 0 Å². The first kappa shape index (κ1) is 10.4. The van der Waals surface area contributed by atoms with Crippen molar-refractivity contribution in [3.8, 4) is 5.75 Å². The van der Waals surface area contributed by atoms with Crippen molar-refractivity contribution in [3.63, 3.8) is 0 Å². The second-order valence-corrected chi connectivity index (χ2v) is 3.05. The highest BCUT2D eigenvalue weighted by Crippen LogP contribution is 2.25. The summed E-state index contributed by atoms with van der Waals surface area (Å²) < 4.78 is 17.7. The van der Waals surface area contributed by atoms with E-state index in [0.29, 0.717) is 11.7 Å². The Morgan fingerprint density at radius 1 is 1.19 bits per heavy atom. The minimum Gasteiger partial charge on any atom is -0.495 e. The second-order valence-electron chi connectivity index (χ2n) is 3.05. The van der Waals surface area contributed by atoms with E-state index in [4.69, 9.17) is 4.74 Å². The van der Waals surface area contributed by atoms with Crippen LogP contribution in [0.2, 0.25) is 0 Å². The number of benzene rings is 1. The Morgan fingerprint density at radius 2 is 1.88 bits per heavy atom. The number of nitrogens with one attached hydrogen (secondary N) is 1. The molecule has 0 unspecified atom stereocenters. The molecule has 0 saturated heterocycles. The molecule has 0 aliphatic carbocycles. The van der Waals surface area contributed by atoms with E-state index < -0.39 is 5.82 Å². The molecule has 0 saturated carbocycles. The minimum atomic E-state index is -0.467. The van der Waals surface area contributed by atoms with Gasteiger partial charge in [-0.2, -0.15) is 0 Å². The zero-order valence-electron chi connectivity index (χ0n) is 8.64. The first-order valence-corrected chi connectivity index (χ1v) is 4.67. The lowest BCUT2D eigenvalue weighted by molar-refractivity contribution is 0.417. The van der Waals surface area contributed by atoms with Crippen LogP contribution >= 0.6 is 0 Å². The van der Waals surface area contributed by atoms with Crippen molar-refractivity contribution in [2.75, 3.05) is 12.4 Å². The van der Waals surface area contributed by atoms with E-state index in [1.54, 1.807) is 7.11 Å². The topological polar surface area (TPSA) is 47.0 Å². The molecule has 4 nitrogen and oxygen atoms in total. The lowest BCUT2D eigenvalue weighted by Gasteiger charge is -2.08.